The molecule has 0 radical (unpaired) electrons. The highest BCUT2D eigenvalue weighted by Crippen LogP contribution is 2.56. The molecule has 7 heteroatoms. The SMILES string of the molecule is COC(=O)C([C@@H]1CCCC(=O)C1)P(=O)(OC)OC. The molecule has 6 nitrogen and oxygen atoms in total. The molecule has 2 atom stereocenters. The smallest absolute Gasteiger partial charge is 0.344 e. The highest BCUT2D eigenvalue weighted by atomic mass is 31.2. The second-order valence-electron chi connectivity index (χ2n) is 4.27. The summed E-state index contributed by atoms with van der Waals surface area (Å²) in [7, 11) is 0.0863. The molecule has 0 aliphatic heterocycles. The normalized spacial score (nSPS) is 22.6. The number of rotatable bonds is 5. The number of esters is 1. The van der Waals surface area contributed by atoms with Crippen molar-refractivity contribution in [3.8, 4) is 0 Å². The number of Topliss-reactive ketones (excluding diaryl/α,β-unsaturated/α-hetero) is 1. The molecule has 0 N–H and O–H groups in total. The fourth-order valence-corrected chi connectivity index (χ4v) is 4.07. The molecule has 0 heterocycles. The third-order valence-electron chi connectivity index (χ3n) is 3.26. The van der Waals surface area contributed by atoms with Gasteiger partial charge in [-0.25, -0.2) is 0 Å². The Morgan fingerprint density at radius 1 is 1.33 bits per heavy atom. The van der Waals surface area contributed by atoms with E-state index in [-0.39, 0.29) is 18.1 Å². The highest BCUT2D eigenvalue weighted by molar-refractivity contribution is 7.55. The van der Waals surface area contributed by atoms with Crippen LogP contribution in [0.15, 0.2) is 0 Å². The summed E-state index contributed by atoms with van der Waals surface area (Å²) in [4.78, 5) is 23.3. The Balaban J connectivity index is 3.01. The molecule has 1 fully saturated rings. The van der Waals surface area contributed by atoms with Crippen LogP contribution >= 0.6 is 7.60 Å². The summed E-state index contributed by atoms with van der Waals surface area (Å²) >= 11 is 0. The molecule has 1 saturated carbocycles. The summed E-state index contributed by atoms with van der Waals surface area (Å²) in [5, 5.41) is 0. The maximum Gasteiger partial charge on any atom is 0.344 e. The zero-order chi connectivity index (χ0) is 13.8. The van der Waals surface area contributed by atoms with Crippen molar-refractivity contribution in [1.29, 1.82) is 0 Å². The Labute approximate surface area is 107 Å². The molecule has 0 aromatic carbocycles. The van der Waals surface area contributed by atoms with Gasteiger partial charge in [0, 0.05) is 27.1 Å². The molecule has 104 valence electrons. The number of carbonyl (C=O) groups excluding carboxylic acids is 2. The summed E-state index contributed by atoms with van der Waals surface area (Å²) < 4.78 is 26.8. The number of carbonyl (C=O) groups is 2. The van der Waals surface area contributed by atoms with Gasteiger partial charge in [0.15, 0.2) is 5.66 Å². The van der Waals surface area contributed by atoms with Gasteiger partial charge in [-0.15, -0.1) is 0 Å². The van der Waals surface area contributed by atoms with Crippen LogP contribution < -0.4 is 0 Å². The van der Waals surface area contributed by atoms with Gasteiger partial charge in [-0.05, 0) is 18.8 Å². The average Bonchev–Trinajstić information content (AvgIpc) is 2.38. The fraction of sp³-hybridized carbons (Fsp3) is 0.818. The van der Waals surface area contributed by atoms with Crippen LogP contribution in [0.5, 0.6) is 0 Å². The zero-order valence-electron chi connectivity index (χ0n) is 10.9. The van der Waals surface area contributed by atoms with Crippen molar-refractivity contribution in [1.82, 2.24) is 0 Å². The lowest BCUT2D eigenvalue weighted by Gasteiger charge is -2.31. The minimum atomic E-state index is -3.59. The molecule has 18 heavy (non-hydrogen) atoms. The van der Waals surface area contributed by atoms with E-state index >= 15 is 0 Å². The van der Waals surface area contributed by atoms with Crippen LogP contribution in [0, 0.1) is 5.92 Å². The van der Waals surface area contributed by atoms with Crippen LogP contribution in [-0.2, 0) is 27.9 Å². The summed E-state index contributed by atoms with van der Waals surface area (Å²) in [5.74, 6) is -0.926. The van der Waals surface area contributed by atoms with Crippen LogP contribution in [-0.4, -0.2) is 38.7 Å². The third kappa shape index (κ3) is 3.19. The molecule has 0 spiro atoms. The van der Waals surface area contributed by atoms with Crippen LogP contribution in [0.3, 0.4) is 0 Å². The minimum Gasteiger partial charge on any atom is -0.468 e. The summed E-state index contributed by atoms with van der Waals surface area (Å²) in [6.45, 7) is 0. The van der Waals surface area contributed by atoms with Gasteiger partial charge < -0.3 is 13.8 Å². The predicted octanol–water partition coefficient (Wildman–Crippen LogP) is 1.77. The molecule has 0 amide bonds. The molecule has 0 saturated heterocycles. The molecule has 0 bridgehead atoms. The Morgan fingerprint density at radius 3 is 2.39 bits per heavy atom. The van der Waals surface area contributed by atoms with Crippen molar-refractivity contribution < 1.29 is 27.9 Å². The van der Waals surface area contributed by atoms with E-state index in [2.05, 4.69) is 4.74 Å². The van der Waals surface area contributed by atoms with Crippen molar-refractivity contribution in [3.05, 3.63) is 0 Å². The van der Waals surface area contributed by atoms with Gasteiger partial charge in [-0.1, -0.05) is 0 Å². The average molecular weight is 278 g/mol. The Hall–Kier alpha value is -0.710. The molecule has 1 aliphatic rings. The topological polar surface area (TPSA) is 78.9 Å². The van der Waals surface area contributed by atoms with Crippen LogP contribution in [0.2, 0.25) is 0 Å². The molecule has 0 aromatic rings. The van der Waals surface area contributed by atoms with Gasteiger partial charge >= 0.3 is 13.6 Å². The van der Waals surface area contributed by atoms with Gasteiger partial charge in [-0.3, -0.25) is 14.2 Å². The summed E-state index contributed by atoms with van der Waals surface area (Å²) in [6, 6.07) is 0. The van der Waals surface area contributed by atoms with E-state index in [4.69, 9.17) is 9.05 Å². The Morgan fingerprint density at radius 2 is 1.94 bits per heavy atom. The Bertz CT molecular complexity index is 359. The third-order valence-corrected chi connectivity index (χ3v) is 5.59. The number of methoxy groups -OCH3 is 1. The van der Waals surface area contributed by atoms with Crippen LogP contribution in [0.25, 0.3) is 0 Å². The van der Waals surface area contributed by atoms with E-state index in [9.17, 15) is 14.2 Å². The lowest BCUT2D eigenvalue weighted by Crippen LogP contribution is -2.35. The molecule has 0 aromatic heterocycles. The number of ether oxygens (including phenoxy) is 1. The first-order valence-electron chi connectivity index (χ1n) is 5.79. The first-order valence-corrected chi connectivity index (χ1v) is 7.40. The van der Waals surface area contributed by atoms with Gasteiger partial charge in [0.05, 0.1) is 7.11 Å². The molecule has 1 unspecified atom stereocenters. The van der Waals surface area contributed by atoms with E-state index in [1.807, 2.05) is 0 Å². The van der Waals surface area contributed by atoms with E-state index in [1.165, 1.54) is 21.3 Å². The summed E-state index contributed by atoms with van der Waals surface area (Å²) in [5.41, 5.74) is -1.03. The van der Waals surface area contributed by atoms with Crippen LogP contribution in [0.1, 0.15) is 25.7 Å². The highest BCUT2D eigenvalue weighted by Gasteiger charge is 2.47. The van der Waals surface area contributed by atoms with Crippen molar-refractivity contribution in [2.75, 3.05) is 21.3 Å². The van der Waals surface area contributed by atoms with Crippen molar-refractivity contribution >= 4 is 19.3 Å². The standard InChI is InChI=1S/C11H19O6P/c1-15-11(13)10(18(14,16-2)17-3)8-5-4-6-9(12)7-8/h8,10H,4-7H2,1-3H3/t8-,10?/m1/s1. The predicted molar refractivity (Wildman–Crippen MR) is 64.4 cm³/mol. The van der Waals surface area contributed by atoms with Gasteiger partial charge in [0.25, 0.3) is 0 Å². The van der Waals surface area contributed by atoms with Crippen molar-refractivity contribution in [2.45, 2.75) is 31.3 Å². The van der Waals surface area contributed by atoms with E-state index in [0.717, 1.165) is 0 Å². The van der Waals surface area contributed by atoms with Gasteiger partial charge in [0.1, 0.15) is 5.78 Å². The number of hydrogen-bond acceptors (Lipinski definition) is 6. The maximum absolute atomic E-state index is 12.4. The largest absolute Gasteiger partial charge is 0.468 e. The van der Waals surface area contributed by atoms with Gasteiger partial charge in [-0.2, -0.15) is 0 Å². The zero-order valence-corrected chi connectivity index (χ0v) is 11.8. The second kappa shape index (κ2) is 6.45. The van der Waals surface area contributed by atoms with Crippen LogP contribution in [0.4, 0.5) is 0 Å². The maximum atomic E-state index is 12.4. The Kier molecular flexibility index (Phi) is 5.50. The fourth-order valence-electron chi connectivity index (χ4n) is 2.33. The van der Waals surface area contributed by atoms with E-state index in [0.29, 0.717) is 19.3 Å². The number of ketones is 1. The monoisotopic (exact) mass is 278 g/mol. The molecular weight excluding hydrogens is 259 g/mol. The van der Waals surface area contributed by atoms with E-state index < -0.39 is 19.2 Å². The summed E-state index contributed by atoms with van der Waals surface area (Å²) in [6.07, 6.45) is 2.05. The van der Waals surface area contributed by atoms with Gasteiger partial charge in [0.2, 0.25) is 0 Å². The molecule has 1 aliphatic carbocycles. The molecular formula is C11H19O6P. The lowest BCUT2D eigenvalue weighted by atomic mass is 9.86. The van der Waals surface area contributed by atoms with E-state index in [1.54, 1.807) is 0 Å². The van der Waals surface area contributed by atoms with Crippen molar-refractivity contribution in [3.63, 3.8) is 0 Å². The minimum absolute atomic E-state index is 0.0684. The second-order valence-corrected chi connectivity index (χ2v) is 6.63. The quantitative estimate of drug-likeness (QED) is 0.563. The first kappa shape index (κ1) is 15.3. The first-order chi connectivity index (χ1) is 8.48. The van der Waals surface area contributed by atoms with Crippen molar-refractivity contribution in [2.24, 2.45) is 5.92 Å². The number of hydrogen-bond donors (Lipinski definition) is 0. The lowest BCUT2D eigenvalue weighted by molar-refractivity contribution is -0.142. The molecule has 1 rings (SSSR count).